The molecule has 0 bridgehead atoms. The van der Waals surface area contributed by atoms with E-state index < -0.39 is 5.60 Å². The molecule has 1 aliphatic carbocycles. The number of benzene rings is 1. The number of aryl methyl sites for hydroxylation is 2. The molecule has 0 spiro atoms. The third kappa shape index (κ3) is 1.49. The van der Waals surface area contributed by atoms with Gasteiger partial charge in [-0.3, -0.25) is 0 Å². The van der Waals surface area contributed by atoms with Gasteiger partial charge in [0.05, 0.1) is 0 Å². The molecule has 6 heteroatoms. The summed E-state index contributed by atoms with van der Waals surface area (Å²) >= 11 is 3.35. The van der Waals surface area contributed by atoms with Gasteiger partial charge in [0.2, 0.25) is 0 Å². The Morgan fingerprint density at radius 1 is 1.50 bits per heavy atom. The monoisotopic (exact) mass is 308 g/mol. The van der Waals surface area contributed by atoms with Crippen molar-refractivity contribution in [1.82, 2.24) is 15.0 Å². The number of hydrogen-bond donors (Lipinski definition) is 2. The first kappa shape index (κ1) is 11.7. The quantitative estimate of drug-likeness (QED) is 0.780. The maximum absolute atomic E-state index is 11.0. The van der Waals surface area contributed by atoms with Crippen LogP contribution in [0.5, 0.6) is 0 Å². The molecule has 3 rings (SSSR count). The summed E-state index contributed by atoms with van der Waals surface area (Å²) < 4.78 is 2.19. The number of nitrogens with zero attached hydrogens (tertiary/aromatic N) is 3. The average molecular weight is 309 g/mol. The number of halogens is 1. The smallest absolute Gasteiger partial charge is 0.154 e. The van der Waals surface area contributed by atoms with E-state index >= 15 is 0 Å². The van der Waals surface area contributed by atoms with Gasteiger partial charge in [-0.05, 0) is 52.0 Å². The van der Waals surface area contributed by atoms with E-state index in [1.807, 2.05) is 18.2 Å². The molecule has 2 aromatic rings. The first-order chi connectivity index (χ1) is 8.52. The molecule has 94 valence electrons. The first-order valence-electron chi connectivity index (χ1n) is 5.69. The highest BCUT2D eigenvalue weighted by Crippen LogP contribution is 2.44. The second-order valence-electron chi connectivity index (χ2n) is 4.63. The average Bonchev–Trinajstić information content (AvgIpc) is 2.81. The molecule has 0 aliphatic heterocycles. The summed E-state index contributed by atoms with van der Waals surface area (Å²) in [4.78, 5) is 0. The first-order valence-corrected chi connectivity index (χ1v) is 6.48. The molecule has 1 aromatic heterocycles. The second-order valence-corrected chi connectivity index (χ2v) is 5.38. The Bertz CT molecular complexity index is 605. The fraction of sp³-hybridized carbons (Fsp3) is 0.333. The molecule has 0 radical (unpaired) electrons. The lowest BCUT2D eigenvalue weighted by molar-refractivity contribution is 0.0732. The predicted molar refractivity (Wildman–Crippen MR) is 70.9 cm³/mol. The Labute approximate surface area is 113 Å². The van der Waals surface area contributed by atoms with Crippen LogP contribution in [0.1, 0.15) is 23.2 Å². The predicted octanol–water partition coefficient (Wildman–Crippen LogP) is 1.34. The molecule has 1 atom stereocenters. The number of nitrogens with two attached hydrogens (primary N) is 1. The normalized spacial score (nSPS) is 22.2. The van der Waals surface area contributed by atoms with Gasteiger partial charge in [0.15, 0.2) is 4.60 Å². The van der Waals surface area contributed by atoms with Gasteiger partial charge in [-0.2, -0.15) is 0 Å². The van der Waals surface area contributed by atoms with Crippen molar-refractivity contribution < 1.29 is 5.11 Å². The molecule has 18 heavy (non-hydrogen) atoms. The molecular formula is C12H13BrN4O. The van der Waals surface area contributed by atoms with Crippen molar-refractivity contribution in [2.24, 2.45) is 7.05 Å². The van der Waals surface area contributed by atoms with Crippen molar-refractivity contribution in [1.29, 1.82) is 0 Å². The van der Waals surface area contributed by atoms with Crippen LogP contribution in [0.4, 0.5) is 5.69 Å². The fourth-order valence-corrected chi connectivity index (χ4v) is 3.35. The van der Waals surface area contributed by atoms with Gasteiger partial charge in [-0.1, -0.05) is 11.3 Å². The van der Waals surface area contributed by atoms with Crippen molar-refractivity contribution in [2.45, 2.75) is 18.4 Å². The largest absolute Gasteiger partial charge is 0.399 e. The van der Waals surface area contributed by atoms with E-state index in [4.69, 9.17) is 5.73 Å². The third-order valence-corrected chi connectivity index (χ3v) is 4.04. The lowest BCUT2D eigenvalue weighted by Crippen LogP contribution is -2.27. The molecule has 5 nitrogen and oxygen atoms in total. The number of aliphatic hydroxyl groups is 1. The maximum atomic E-state index is 11.0. The van der Waals surface area contributed by atoms with E-state index in [1.54, 1.807) is 11.7 Å². The van der Waals surface area contributed by atoms with Gasteiger partial charge in [0.1, 0.15) is 11.3 Å². The summed E-state index contributed by atoms with van der Waals surface area (Å²) in [6.45, 7) is 0. The van der Waals surface area contributed by atoms with Crippen LogP contribution in [0.3, 0.4) is 0 Å². The highest BCUT2D eigenvalue weighted by molar-refractivity contribution is 9.10. The van der Waals surface area contributed by atoms with Crippen LogP contribution in [0.15, 0.2) is 22.8 Å². The Hall–Kier alpha value is -1.40. The molecule has 0 amide bonds. The Balaban J connectivity index is 2.20. The third-order valence-electron chi connectivity index (χ3n) is 3.51. The number of anilines is 1. The van der Waals surface area contributed by atoms with Crippen molar-refractivity contribution in [3.63, 3.8) is 0 Å². The Morgan fingerprint density at radius 3 is 2.94 bits per heavy atom. The SMILES string of the molecule is Cn1nnc(Br)c1C1(O)CCc2cc(N)ccc21. The number of nitrogen functional groups attached to an aromatic ring is 1. The molecule has 1 unspecified atom stereocenters. The maximum Gasteiger partial charge on any atom is 0.154 e. The minimum absolute atomic E-state index is 0.581. The van der Waals surface area contributed by atoms with E-state index in [9.17, 15) is 5.11 Å². The summed E-state index contributed by atoms with van der Waals surface area (Å²) in [5.41, 5.74) is 8.12. The van der Waals surface area contributed by atoms with Gasteiger partial charge in [-0.25, -0.2) is 4.68 Å². The van der Waals surface area contributed by atoms with Crippen LogP contribution in [-0.2, 0) is 19.1 Å². The number of rotatable bonds is 1. The molecule has 1 aromatic carbocycles. The lowest BCUT2D eigenvalue weighted by atomic mass is 9.92. The number of hydrogen-bond acceptors (Lipinski definition) is 4. The molecule has 1 heterocycles. The molecule has 1 aliphatic rings. The molecular weight excluding hydrogens is 296 g/mol. The number of fused-ring (bicyclic) bond motifs is 1. The van der Waals surface area contributed by atoms with E-state index in [0.29, 0.717) is 16.7 Å². The van der Waals surface area contributed by atoms with Crippen LogP contribution >= 0.6 is 15.9 Å². The van der Waals surface area contributed by atoms with Crippen LogP contribution in [0.25, 0.3) is 0 Å². The zero-order valence-electron chi connectivity index (χ0n) is 9.89. The van der Waals surface area contributed by atoms with Crippen LogP contribution < -0.4 is 5.73 Å². The van der Waals surface area contributed by atoms with Crippen molar-refractivity contribution >= 4 is 21.6 Å². The number of aromatic nitrogens is 3. The Kier molecular flexibility index (Phi) is 2.46. The van der Waals surface area contributed by atoms with Gasteiger partial charge in [-0.15, -0.1) is 5.10 Å². The molecule has 0 saturated heterocycles. The molecule has 3 N–H and O–H groups in total. The zero-order chi connectivity index (χ0) is 12.9. The van der Waals surface area contributed by atoms with Gasteiger partial charge < -0.3 is 10.8 Å². The minimum Gasteiger partial charge on any atom is -0.399 e. The van der Waals surface area contributed by atoms with Gasteiger partial charge in [0.25, 0.3) is 0 Å². The molecule has 0 fully saturated rings. The van der Waals surface area contributed by atoms with E-state index in [2.05, 4.69) is 26.2 Å². The standard InChI is InChI=1S/C12H13BrN4O/c1-17-10(11(13)15-16-17)12(18)5-4-7-6-8(14)2-3-9(7)12/h2-3,6,18H,4-5,14H2,1H3. The minimum atomic E-state index is -1.04. The molecule has 0 saturated carbocycles. The van der Waals surface area contributed by atoms with E-state index in [1.165, 1.54) is 0 Å². The second kappa shape index (κ2) is 3.80. The van der Waals surface area contributed by atoms with Crippen molar-refractivity contribution in [3.8, 4) is 0 Å². The fourth-order valence-electron chi connectivity index (χ4n) is 2.69. The summed E-state index contributed by atoms with van der Waals surface area (Å²) in [6.07, 6.45) is 1.42. The van der Waals surface area contributed by atoms with Crippen LogP contribution in [0.2, 0.25) is 0 Å². The summed E-state index contributed by atoms with van der Waals surface area (Å²) in [5, 5.41) is 18.9. The van der Waals surface area contributed by atoms with Gasteiger partial charge >= 0.3 is 0 Å². The summed E-state index contributed by atoms with van der Waals surface area (Å²) in [5.74, 6) is 0. The summed E-state index contributed by atoms with van der Waals surface area (Å²) in [6, 6.07) is 5.62. The van der Waals surface area contributed by atoms with Crippen LogP contribution in [0, 0.1) is 0 Å². The summed E-state index contributed by atoms with van der Waals surface area (Å²) in [7, 11) is 1.78. The Morgan fingerprint density at radius 2 is 2.28 bits per heavy atom. The van der Waals surface area contributed by atoms with Gasteiger partial charge in [0, 0.05) is 12.7 Å². The zero-order valence-corrected chi connectivity index (χ0v) is 11.5. The lowest BCUT2D eigenvalue weighted by Gasteiger charge is -2.24. The topological polar surface area (TPSA) is 77.0 Å². The van der Waals surface area contributed by atoms with E-state index in [-0.39, 0.29) is 0 Å². The van der Waals surface area contributed by atoms with Crippen molar-refractivity contribution in [2.75, 3.05) is 5.73 Å². The van der Waals surface area contributed by atoms with Crippen molar-refractivity contribution in [3.05, 3.63) is 39.6 Å². The highest BCUT2D eigenvalue weighted by Gasteiger charge is 2.42. The van der Waals surface area contributed by atoms with E-state index in [0.717, 1.165) is 23.2 Å². The van der Waals surface area contributed by atoms with Crippen LogP contribution in [-0.4, -0.2) is 20.1 Å². The highest BCUT2D eigenvalue weighted by atomic mass is 79.9.